The third kappa shape index (κ3) is 6.23. The van der Waals surface area contributed by atoms with Crippen molar-refractivity contribution in [2.45, 2.75) is 26.4 Å². The normalized spacial score (nSPS) is 15.8. The summed E-state index contributed by atoms with van der Waals surface area (Å²) < 4.78 is 10.3. The molecule has 1 amide bonds. The van der Waals surface area contributed by atoms with Crippen molar-refractivity contribution in [2.24, 2.45) is 5.41 Å². The fraction of sp³-hybridized carbons (Fsp3) is 0.688. The predicted octanol–water partition coefficient (Wildman–Crippen LogP) is -0.847. The fourth-order valence-electron chi connectivity index (χ4n) is 2.25. The fourth-order valence-corrected chi connectivity index (χ4v) is 2.40. The van der Waals surface area contributed by atoms with E-state index < -0.39 is 23.4 Å². The summed E-state index contributed by atoms with van der Waals surface area (Å²) in [4.78, 5) is 37.5. The van der Waals surface area contributed by atoms with Crippen LogP contribution in [0.3, 0.4) is 0 Å². The third-order valence-corrected chi connectivity index (χ3v) is 4.27. The Kier molecular flexibility index (Phi) is 7.87. The molecular weight excluding hydrogens is 394 g/mol. The molecule has 1 aromatic heterocycles. The van der Waals surface area contributed by atoms with Crippen molar-refractivity contribution < 1.29 is 29.3 Å². The summed E-state index contributed by atoms with van der Waals surface area (Å²) in [6.07, 6.45) is -1.58. The lowest BCUT2D eigenvalue weighted by atomic mass is 9.87. The van der Waals surface area contributed by atoms with E-state index in [1.165, 1.54) is 0 Å². The van der Waals surface area contributed by atoms with Gasteiger partial charge >= 0.3 is 12.0 Å². The quantitative estimate of drug-likeness (QED) is 0.457. The highest BCUT2D eigenvalue weighted by Crippen LogP contribution is 2.19. The summed E-state index contributed by atoms with van der Waals surface area (Å²) in [5.74, 6) is -1.09. The molecule has 0 unspecified atom stereocenters. The number of ether oxygens (including phenoxy) is 2. The van der Waals surface area contributed by atoms with E-state index in [2.05, 4.69) is 20.3 Å². The van der Waals surface area contributed by atoms with Gasteiger partial charge in [0.15, 0.2) is 0 Å². The average molecular weight is 418 g/mol. The van der Waals surface area contributed by atoms with E-state index in [4.69, 9.17) is 21.1 Å². The molecule has 11 nitrogen and oxygen atoms in total. The zero-order chi connectivity index (χ0) is 20.7. The number of hydrogen-bond donors (Lipinski definition) is 3. The Bertz CT molecular complexity index is 698. The Morgan fingerprint density at radius 1 is 1.32 bits per heavy atom. The molecule has 0 radical (unpaired) electrons. The Hall–Kier alpha value is -2.08. The summed E-state index contributed by atoms with van der Waals surface area (Å²) in [7, 11) is 0. The molecule has 1 aromatic rings. The highest BCUT2D eigenvalue weighted by molar-refractivity contribution is 6.28. The number of esters is 1. The molecule has 3 N–H and O–H groups in total. The maximum Gasteiger partial charge on any atom is 0.330 e. The van der Waals surface area contributed by atoms with Gasteiger partial charge in [-0.25, -0.2) is 0 Å². The van der Waals surface area contributed by atoms with Crippen LogP contribution in [0.4, 0.5) is 5.95 Å². The molecule has 0 bridgehead atoms. The van der Waals surface area contributed by atoms with Crippen molar-refractivity contribution in [3.63, 3.8) is 0 Å². The number of aliphatic hydroxyl groups is 2. The second kappa shape index (κ2) is 9.92. The maximum atomic E-state index is 12.0. The lowest BCUT2D eigenvalue weighted by Crippen LogP contribution is -2.46. The minimum absolute atomic E-state index is 0.0641. The first-order valence-corrected chi connectivity index (χ1v) is 9.12. The van der Waals surface area contributed by atoms with Gasteiger partial charge in [0, 0.05) is 25.0 Å². The van der Waals surface area contributed by atoms with Gasteiger partial charge in [-0.05, 0) is 11.6 Å². The lowest BCUT2D eigenvalue weighted by Gasteiger charge is -2.27. The van der Waals surface area contributed by atoms with Crippen LogP contribution in [0.1, 0.15) is 20.3 Å². The molecule has 1 fully saturated rings. The van der Waals surface area contributed by atoms with E-state index in [1.54, 1.807) is 13.8 Å². The van der Waals surface area contributed by atoms with Crippen LogP contribution in [0.5, 0.6) is 6.01 Å². The van der Waals surface area contributed by atoms with Gasteiger partial charge in [-0.15, -0.1) is 0 Å². The number of rotatable bonds is 8. The standard InChI is InChI=1S/C16H24ClN5O6/c1-16(2,9-23)11(25)12(26)18-4-3-10(24)28-15-20-13(17)19-14(21-15)22-5-7-27-8-6-22/h11,23,25H,3-9H2,1-2H3,(H,18,26)/t11-/m0/s1. The van der Waals surface area contributed by atoms with Crippen LogP contribution >= 0.6 is 11.6 Å². The molecule has 2 heterocycles. The number of aromatic nitrogens is 3. The number of nitrogens with zero attached hydrogens (tertiary/aromatic N) is 4. The van der Waals surface area contributed by atoms with Crippen molar-refractivity contribution >= 4 is 29.4 Å². The summed E-state index contributed by atoms with van der Waals surface area (Å²) >= 11 is 5.87. The van der Waals surface area contributed by atoms with Crippen molar-refractivity contribution in [2.75, 3.05) is 44.4 Å². The van der Waals surface area contributed by atoms with Gasteiger partial charge in [-0.1, -0.05) is 13.8 Å². The van der Waals surface area contributed by atoms with Gasteiger partial charge in [0.2, 0.25) is 17.1 Å². The summed E-state index contributed by atoms with van der Waals surface area (Å²) in [5, 5.41) is 21.4. The highest BCUT2D eigenvalue weighted by Gasteiger charge is 2.32. The Morgan fingerprint density at radius 3 is 2.64 bits per heavy atom. The van der Waals surface area contributed by atoms with Crippen LogP contribution in [0.15, 0.2) is 0 Å². The van der Waals surface area contributed by atoms with E-state index in [1.807, 2.05) is 4.90 Å². The number of amides is 1. The number of nitrogens with one attached hydrogen (secondary N) is 1. The number of hydrogen-bond acceptors (Lipinski definition) is 10. The summed E-state index contributed by atoms with van der Waals surface area (Å²) in [6, 6.07) is -0.237. The largest absolute Gasteiger partial charge is 0.396 e. The van der Waals surface area contributed by atoms with Crippen LogP contribution in [0.2, 0.25) is 5.28 Å². The van der Waals surface area contributed by atoms with Gasteiger partial charge in [-0.3, -0.25) is 9.59 Å². The van der Waals surface area contributed by atoms with E-state index in [-0.39, 0.29) is 36.8 Å². The summed E-state index contributed by atoms with van der Waals surface area (Å²) in [5.41, 5.74) is -0.998. The zero-order valence-electron chi connectivity index (χ0n) is 15.7. The predicted molar refractivity (Wildman–Crippen MR) is 98.0 cm³/mol. The number of aliphatic hydroxyl groups excluding tert-OH is 2. The Balaban J connectivity index is 1.86. The van der Waals surface area contributed by atoms with Gasteiger partial charge in [-0.2, -0.15) is 15.0 Å². The first kappa shape index (κ1) is 22.2. The van der Waals surface area contributed by atoms with Crippen LogP contribution in [0.25, 0.3) is 0 Å². The van der Waals surface area contributed by atoms with Crippen molar-refractivity contribution in [3.05, 3.63) is 5.28 Å². The number of morpholine rings is 1. The van der Waals surface area contributed by atoms with Gasteiger partial charge in [0.25, 0.3) is 0 Å². The topological polar surface area (TPSA) is 147 Å². The van der Waals surface area contributed by atoms with Gasteiger partial charge in [0.1, 0.15) is 6.10 Å². The molecule has 12 heteroatoms. The third-order valence-electron chi connectivity index (χ3n) is 4.10. The molecule has 0 saturated carbocycles. The minimum atomic E-state index is -1.41. The number of anilines is 1. The zero-order valence-corrected chi connectivity index (χ0v) is 16.5. The monoisotopic (exact) mass is 417 g/mol. The molecule has 1 aliphatic rings. The molecule has 1 saturated heterocycles. The second-order valence-electron chi connectivity index (χ2n) is 6.85. The van der Waals surface area contributed by atoms with Crippen molar-refractivity contribution in [3.8, 4) is 6.01 Å². The molecule has 2 rings (SSSR count). The van der Waals surface area contributed by atoms with Crippen molar-refractivity contribution in [1.29, 1.82) is 0 Å². The Morgan fingerprint density at radius 2 is 2.00 bits per heavy atom. The van der Waals surface area contributed by atoms with Gasteiger partial charge in [0.05, 0.1) is 26.2 Å². The highest BCUT2D eigenvalue weighted by atomic mass is 35.5. The molecular formula is C16H24ClN5O6. The lowest BCUT2D eigenvalue weighted by molar-refractivity contribution is -0.138. The van der Waals surface area contributed by atoms with E-state index in [0.717, 1.165) is 0 Å². The molecule has 0 aliphatic carbocycles. The van der Waals surface area contributed by atoms with Gasteiger partial charge < -0.3 is 29.9 Å². The number of halogens is 1. The molecule has 1 atom stereocenters. The average Bonchev–Trinajstić information content (AvgIpc) is 2.67. The maximum absolute atomic E-state index is 12.0. The van der Waals surface area contributed by atoms with Crippen molar-refractivity contribution in [1.82, 2.24) is 20.3 Å². The molecule has 28 heavy (non-hydrogen) atoms. The van der Waals surface area contributed by atoms with E-state index in [9.17, 15) is 19.8 Å². The molecule has 0 aromatic carbocycles. The van der Waals surface area contributed by atoms with Crippen LogP contribution in [-0.4, -0.2) is 82.6 Å². The molecule has 1 aliphatic heterocycles. The summed E-state index contributed by atoms with van der Waals surface area (Å²) in [6.45, 7) is 4.86. The van der Waals surface area contributed by atoms with E-state index in [0.29, 0.717) is 26.3 Å². The minimum Gasteiger partial charge on any atom is -0.396 e. The van der Waals surface area contributed by atoms with E-state index >= 15 is 0 Å². The number of carbonyl (C=O) groups is 2. The first-order chi connectivity index (χ1) is 13.2. The van der Waals surface area contributed by atoms with Crippen LogP contribution < -0.4 is 15.0 Å². The number of carbonyl (C=O) groups excluding carboxylic acids is 2. The second-order valence-corrected chi connectivity index (χ2v) is 7.19. The molecule has 0 spiro atoms. The van der Waals surface area contributed by atoms with Crippen LogP contribution in [-0.2, 0) is 14.3 Å². The first-order valence-electron chi connectivity index (χ1n) is 8.74. The van der Waals surface area contributed by atoms with Crippen LogP contribution in [0, 0.1) is 5.41 Å². The Labute approximate surface area is 167 Å². The molecule has 156 valence electrons. The smallest absolute Gasteiger partial charge is 0.330 e. The SMILES string of the molecule is CC(C)(CO)[C@@H](O)C(=O)NCCC(=O)Oc1nc(Cl)nc(N2CCOCC2)n1.